The van der Waals surface area contributed by atoms with Crippen LogP contribution in [0.1, 0.15) is 23.6 Å². The number of carbonyl (C=O) groups is 2. The van der Waals surface area contributed by atoms with Crippen molar-refractivity contribution < 1.29 is 22.7 Å². The molecule has 0 saturated carbocycles. The van der Waals surface area contributed by atoms with E-state index in [1.807, 2.05) is 49.4 Å². The second-order valence-electron chi connectivity index (χ2n) is 8.49. The van der Waals surface area contributed by atoms with E-state index in [2.05, 4.69) is 15.8 Å². The Morgan fingerprint density at radius 1 is 0.947 bits per heavy atom. The van der Waals surface area contributed by atoms with Gasteiger partial charge in [0.25, 0.3) is 11.8 Å². The average Bonchev–Trinajstić information content (AvgIpc) is 2.91. The monoisotopic (exact) mass is 536 g/mol. The molecule has 0 aliphatic rings. The molecule has 0 bridgehead atoms. The predicted molar refractivity (Wildman–Crippen MR) is 149 cm³/mol. The minimum absolute atomic E-state index is 0.101. The minimum atomic E-state index is -3.68. The summed E-state index contributed by atoms with van der Waals surface area (Å²) in [7, 11) is -3.68. The number of sulfonamides is 1. The van der Waals surface area contributed by atoms with Crippen LogP contribution in [0.25, 0.3) is 0 Å². The molecule has 0 aromatic heterocycles. The highest BCUT2D eigenvalue weighted by Gasteiger charge is 2.22. The Morgan fingerprint density at radius 2 is 1.63 bits per heavy atom. The van der Waals surface area contributed by atoms with Gasteiger partial charge in [-0.05, 0) is 59.9 Å². The minimum Gasteiger partial charge on any atom is -0.484 e. The lowest BCUT2D eigenvalue weighted by Gasteiger charge is -2.23. The number of hydrazone groups is 1. The summed E-state index contributed by atoms with van der Waals surface area (Å²) >= 11 is 0. The Bertz CT molecular complexity index is 1340. The maximum Gasteiger partial charge on any atom is 0.260 e. The number of hydrogen-bond donors (Lipinski definition) is 2. The molecule has 9 nitrogen and oxygen atoms in total. The normalized spacial score (nSPS) is 11.2. The first-order valence-electron chi connectivity index (χ1n) is 12.2. The van der Waals surface area contributed by atoms with E-state index < -0.39 is 22.5 Å². The van der Waals surface area contributed by atoms with Crippen molar-refractivity contribution in [2.75, 3.05) is 30.3 Å². The fraction of sp³-hybridized carbons (Fsp3) is 0.250. The Kier molecular flexibility index (Phi) is 10.4. The first kappa shape index (κ1) is 28.4. The van der Waals surface area contributed by atoms with Crippen LogP contribution in [0.15, 0.2) is 84.0 Å². The summed E-state index contributed by atoms with van der Waals surface area (Å²) in [6.45, 7) is 1.95. The second-order valence-corrected chi connectivity index (χ2v) is 10.4. The van der Waals surface area contributed by atoms with Crippen LogP contribution in [-0.2, 0) is 32.5 Å². The zero-order chi connectivity index (χ0) is 27.4. The van der Waals surface area contributed by atoms with E-state index in [4.69, 9.17) is 4.74 Å². The fourth-order valence-electron chi connectivity index (χ4n) is 3.62. The first-order chi connectivity index (χ1) is 18.3. The van der Waals surface area contributed by atoms with Crippen molar-refractivity contribution in [3.8, 4) is 5.75 Å². The number of benzene rings is 3. The molecule has 38 heavy (non-hydrogen) atoms. The zero-order valence-corrected chi connectivity index (χ0v) is 22.3. The van der Waals surface area contributed by atoms with Crippen molar-refractivity contribution in [3.63, 3.8) is 0 Å². The molecule has 10 heteroatoms. The molecule has 0 unspecified atom stereocenters. The van der Waals surface area contributed by atoms with E-state index in [1.165, 1.54) is 6.21 Å². The van der Waals surface area contributed by atoms with E-state index >= 15 is 0 Å². The number of para-hydroxylation sites is 1. The van der Waals surface area contributed by atoms with Gasteiger partial charge in [-0.2, -0.15) is 5.10 Å². The Labute approximate surface area is 223 Å². The molecule has 0 saturated heterocycles. The van der Waals surface area contributed by atoms with Gasteiger partial charge in [-0.25, -0.2) is 13.8 Å². The maximum atomic E-state index is 12.4. The van der Waals surface area contributed by atoms with Crippen LogP contribution < -0.4 is 19.8 Å². The van der Waals surface area contributed by atoms with Crippen LogP contribution in [-0.4, -0.2) is 52.4 Å². The number of ether oxygens (including phenoxy) is 1. The summed E-state index contributed by atoms with van der Waals surface area (Å²) in [6.07, 6.45) is 3.87. The van der Waals surface area contributed by atoms with Gasteiger partial charge in [0.2, 0.25) is 10.0 Å². The van der Waals surface area contributed by atoms with Crippen molar-refractivity contribution in [2.45, 2.75) is 19.8 Å². The average molecular weight is 537 g/mol. The van der Waals surface area contributed by atoms with Crippen molar-refractivity contribution in [1.29, 1.82) is 0 Å². The van der Waals surface area contributed by atoms with Crippen LogP contribution in [0.4, 0.5) is 5.69 Å². The second kappa shape index (κ2) is 13.9. The summed E-state index contributed by atoms with van der Waals surface area (Å²) in [4.78, 5) is 24.4. The van der Waals surface area contributed by atoms with Gasteiger partial charge in [-0.15, -0.1) is 0 Å². The van der Waals surface area contributed by atoms with E-state index in [-0.39, 0.29) is 12.5 Å². The number of amides is 2. The van der Waals surface area contributed by atoms with Gasteiger partial charge in [-0.1, -0.05) is 55.5 Å². The lowest BCUT2D eigenvalue weighted by Crippen LogP contribution is -2.39. The Balaban J connectivity index is 1.45. The number of nitrogens with zero attached hydrogens (tertiary/aromatic N) is 2. The lowest BCUT2D eigenvalue weighted by molar-refractivity contribution is -0.123. The summed E-state index contributed by atoms with van der Waals surface area (Å²) < 4.78 is 31.3. The molecule has 0 radical (unpaired) electrons. The van der Waals surface area contributed by atoms with Crippen molar-refractivity contribution in [2.24, 2.45) is 5.10 Å². The van der Waals surface area contributed by atoms with Crippen LogP contribution in [0.3, 0.4) is 0 Å². The third-order valence-corrected chi connectivity index (χ3v) is 6.69. The standard InChI is InChI=1S/C28H32N4O5S/c1-3-24-11-7-8-12-26(24)32(38(2,35)36)20-27(33)31-30-19-23-13-15-25(16-14-23)37-21-28(34)29-18-17-22-9-5-4-6-10-22/h4-16,19H,3,17-18,20-21H2,1-2H3,(H,29,34)(H,31,33)/b30-19+. The molecular formula is C28H32N4O5S. The molecule has 0 atom stereocenters. The summed E-state index contributed by atoms with van der Waals surface area (Å²) in [5.41, 5.74) is 5.49. The van der Waals surface area contributed by atoms with E-state index in [1.54, 1.807) is 36.4 Å². The lowest BCUT2D eigenvalue weighted by atomic mass is 10.1. The van der Waals surface area contributed by atoms with Gasteiger partial charge in [0.05, 0.1) is 18.2 Å². The molecule has 0 aliphatic carbocycles. The third-order valence-electron chi connectivity index (χ3n) is 5.56. The van der Waals surface area contributed by atoms with Gasteiger partial charge in [-0.3, -0.25) is 13.9 Å². The summed E-state index contributed by atoms with van der Waals surface area (Å²) in [5, 5.41) is 6.75. The molecule has 0 aliphatic heterocycles. The first-order valence-corrected chi connectivity index (χ1v) is 14.0. The van der Waals surface area contributed by atoms with Crippen molar-refractivity contribution in [1.82, 2.24) is 10.7 Å². The number of carbonyl (C=O) groups excluding carboxylic acids is 2. The maximum absolute atomic E-state index is 12.4. The van der Waals surface area contributed by atoms with Crippen LogP contribution in [0.5, 0.6) is 5.75 Å². The number of rotatable bonds is 13. The molecule has 0 heterocycles. The predicted octanol–water partition coefficient (Wildman–Crippen LogP) is 2.90. The Morgan fingerprint density at radius 3 is 2.32 bits per heavy atom. The van der Waals surface area contributed by atoms with Crippen LogP contribution in [0.2, 0.25) is 0 Å². The van der Waals surface area contributed by atoms with Gasteiger partial charge in [0.1, 0.15) is 12.3 Å². The number of aryl methyl sites for hydroxylation is 1. The molecule has 3 aromatic carbocycles. The number of nitrogens with one attached hydrogen (secondary N) is 2. The smallest absolute Gasteiger partial charge is 0.260 e. The third kappa shape index (κ3) is 9.04. The highest BCUT2D eigenvalue weighted by atomic mass is 32.2. The molecule has 2 amide bonds. The highest BCUT2D eigenvalue weighted by Crippen LogP contribution is 2.23. The molecule has 0 spiro atoms. The molecule has 0 fully saturated rings. The van der Waals surface area contributed by atoms with Crippen molar-refractivity contribution >= 4 is 33.7 Å². The number of anilines is 1. The summed E-state index contributed by atoms with van der Waals surface area (Å²) in [6, 6.07) is 23.8. The van der Waals surface area contributed by atoms with E-state index in [0.717, 1.165) is 28.1 Å². The molecule has 3 rings (SSSR count). The largest absolute Gasteiger partial charge is 0.484 e. The molecule has 2 N–H and O–H groups in total. The Hall–Kier alpha value is -4.18. The van der Waals surface area contributed by atoms with Crippen LogP contribution >= 0.6 is 0 Å². The fourth-order valence-corrected chi connectivity index (χ4v) is 4.51. The zero-order valence-electron chi connectivity index (χ0n) is 21.5. The molecule has 3 aromatic rings. The SMILES string of the molecule is CCc1ccccc1N(CC(=O)N/N=C/c1ccc(OCC(=O)NCCc2ccccc2)cc1)S(C)(=O)=O. The van der Waals surface area contributed by atoms with Gasteiger partial charge >= 0.3 is 0 Å². The van der Waals surface area contributed by atoms with E-state index in [0.29, 0.717) is 30.0 Å². The van der Waals surface area contributed by atoms with E-state index in [9.17, 15) is 18.0 Å². The molecular weight excluding hydrogens is 504 g/mol. The number of hydrogen-bond acceptors (Lipinski definition) is 6. The van der Waals surface area contributed by atoms with Crippen LogP contribution in [0, 0.1) is 0 Å². The van der Waals surface area contributed by atoms with Gasteiger partial charge in [0.15, 0.2) is 6.61 Å². The topological polar surface area (TPSA) is 117 Å². The quantitative estimate of drug-likeness (QED) is 0.257. The molecule has 200 valence electrons. The summed E-state index contributed by atoms with van der Waals surface area (Å²) in [5.74, 6) is -0.266. The highest BCUT2D eigenvalue weighted by molar-refractivity contribution is 7.92. The van der Waals surface area contributed by atoms with Crippen molar-refractivity contribution in [3.05, 3.63) is 95.6 Å². The van der Waals surface area contributed by atoms with Gasteiger partial charge < -0.3 is 10.1 Å². The van der Waals surface area contributed by atoms with Gasteiger partial charge in [0, 0.05) is 6.54 Å².